The third kappa shape index (κ3) is 2.30. The minimum absolute atomic E-state index is 0.182. The van der Waals surface area contributed by atoms with E-state index in [0.717, 1.165) is 25.3 Å². The molecule has 0 bridgehead atoms. The molecule has 0 aromatic heterocycles. The average molecular weight is 223 g/mol. The molecule has 0 fully saturated rings. The summed E-state index contributed by atoms with van der Waals surface area (Å²) in [5.41, 5.74) is 7.50. The maximum absolute atomic E-state index is 13.4. The SMILES string of the molecule is NC(Cc1cccc(F)c1F)C1=CCCC1. The fourth-order valence-electron chi connectivity index (χ4n) is 2.11. The van der Waals surface area contributed by atoms with Crippen molar-refractivity contribution < 1.29 is 8.78 Å². The van der Waals surface area contributed by atoms with Gasteiger partial charge in [0, 0.05) is 6.04 Å². The van der Waals surface area contributed by atoms with Crippen molar-refractivity contribution in [1.29, 1.82) is 0 Å². The molecule has 0 radical (unpaired) electrons. The first-order valence-electron chi connectivity index (χ1n) is 5.56. The second-order valence-corrected chi connectivity index (χ2v) is 4.19. The lowest BCUT2D eigenvalue weighted by Crippen LogP contribution is -2.25. The van der Waals surface area contributed by atoms with Crippen LogP contribution in [0.15, 0.2) is 29.8 Å². The van der Waals surface area contributed by atoms with E-state index in [1.807, 2.05) is 0 Å². The van der Waals surface area contributed by atoms with Gasteiger partial charge in [-0.2, -0.15) is 0 Å². The van der Waals surface area contributed by atoms with Crippen molar-refractivity contribution in [2.24, 2.45) is 5.73 Å². The molecule has 0 saturated heterocycles. The van der Waals surface area contributed by atoms with E-state index in [4.69, 9.17) is 5.73 Å². The molecule has 2 rings (SSSR count). The van der Waals surface area contributed by atoms with Gasteiger partial charge in [-0.1, -0.05) is 23.8 Å². The van der Waals surface area contributed by atoms with Crippen LogP contribution in [-0.4, -0.2) is 6.04 Å². The van der Waals surface area contributed by atoms with Crippen LogP contribution in [0.25, 0.3) is 0 Å². The zero-order valence-corrected chi connectivity index (χ0v) is 9.05. The fraction of sp³-hybridized carbons (Fsp3) is 0.385. The van der Waals surface area contributed by atoms with E-state index in [2.05, 4.69) is 6.08 Å². The van der Waals surface area contributed by atoms with E-state index in [0.29, 0.717) is 12.0 Å². The molecule has 1 atom stereocenters. The van der Waals surface area contributed by atoms with Gasteiger partial charge in [-0.15, -0.1) is 0 Å². The summed E-state index contributed by atoms with van der Waals surface area (Å²) in [5.74, 6) is -1.57. The van der Waals surface area contributed by atoms with Crippen molar-refractivity contribution in [2.45, 2.75) is 31.7 Å². The molecule has 0 aliphatic heterocycles. The molecular formula is C13H15F2N. The fourth-order valence-corrected chi connectivity index (χ4v) is 2.11. The molecule has 3 heteroatoms. The summed E-state index contributed by atoms with van der Waals surface area (Å²) in [6, 6.07) is 4.05. The van der Waals surface area contributed by atoms with Crippen LogP contribution in [0, 0.1) is 11.6 Å². The zero-order chi connectivity index (χ0) is 11.5. The molecule has 0 heterocycles. The van der Waals surface area contributed by atoms with E-state index >= 15 is 0 Å². The number of halogens is 2. The molecule has 1 aromatic rings. The van der Waals surface area contributed by atoms with Crippen LogP contribution in [0.4, 0.5) is 8.78 Å². The Morgan fingerprint density at radius 2 is 2.12 bits per heavy atom. The summed E-state index contributed by atoms with van der Waals surface area (Å²) in [5, 5.41) is 0. The van der Waals surface area contributed by atoms with Crippen LogP contribution >= 0.6 is 0 Å². The Labute approximate surface area is 94.0 Å². The van der Waals surface area contributed by atoms with Crippen molar-refractivity contribution in [3.8, 4) is 0 Å². The monoisotopic (exact) mass is 223 g/mol. The van der Waals surface area contributed by atoms with Crippen LogP contribution in [0.3, 0.4) is 0 Å². The number of rotatable bonds is 3. The molecule has 0 saturated carbocycles. The van der Waals surface area contributed by atoms with Gasteiger partial charge >= 0.3 is 0 Å². The predicted octanol–water partition coefficient (Wildman–Crippen LogP) is 2.94. The van der Waals surface area contributed by atoms with Gasteiger partial charge in [-0.05, 0) is 37.3 Å². The zero-order valence-electron chi connectivity index (χ0n) is 9.05. The minimum Gasteiger partial charge on any atom is -0.324 e. The van der Waals surface area contributed by atoms with Gasteiger partial charge in [0.05, 0.1) is 0 Å². The van der Waals surface area contributed by atoms with E-state index in [9.17, 15) is 8.78 Å². The van der Waals surface area contributed by atoms with E-state index in [-0.39, 0.29) is 6.04 Å². The second-order valence-electron chi connectivity index (χ2n) is 4.19. The van der Waals surface area contributed by atoms with Crippen molar-refractivity contribution in [2.75, 3.05) is 0 Å². The van der Waals surface area contributed by atoms with E-state index in [1.165, 1.54) is 11.6 Å². The van der Waals surface area contributed by atoms with Crippen LogP contribution < -0.4 is 5.73 Å². The molecule has 1 aromatic carbocycles. The summed E-state index contributed by atoms with van der Waals surface area (Å²) in [4.78, 5) is 0. The Kier molecular flexibility index (Phi) is 3.34. The maximum Gasteiger partial charge on any atom is 0.162 e. The lowest BCUT2D eigenvalue weighted by Gasteiger charge is -2.13. The van der Waals surface area contributed by atoms with Crippen LogP contribution in [-0.2, 0) is 6.42 Å². The first-order chi connectivity index (χ1) is 7.68. The Hall–Kier alpha value is -1.22. The number of hydrogen-bond acceptors (Lipinski definition) is 1. The Morgan fingerprint density at radius 3 is 2.81 bits per heavy atom. The molecule has 1 aliphatic rings. The smallest absolute Gasteiger partial charge is 0.162 e. The number of benzene rings is 1. The number of nitrogens with two attached hydrogens (primary N) is 1. The van der Waals surface area contributed by atoms with Crippen LogP contribution in [0.2, 0.25) is 0 Å². The van der Waals surface area contributed by atoms with Gasteiger partial charge in [0.25, 0.3) is 0 Å². The highest BCUT2D eigenvalue weighted by molar-refractivity contribution is 5.24. The summed E-state index contributed by atoms with van der Waals surface area (Å²) in [6.07, 6.45) is 5.64. The lowest BCUT2D eigenvalue weighted by molar-refractivity contribution is 0.495. The Bertz CT molecular complexity index is 412. The third-order valence-electron chi connectivity index (χ3n) is 3.02. The molecule has 16 heavy (non-hydrogen) atoms. The summed E-state index contributed by atoms with van der Waals surface area (Å²) < 4.78 is 26.4. The summed E-state index contributed by atoms with van der Waals surface area (Å²) >= 11 is 0. The average Bonchev–Trinajstić information content (AvgIpc) is 2.78. The van der Waals surface area contributed by atoms with Crippen molar-refractivity contribution in [3.63, 3.8) is 0 Å². The summed E-state index contributed by atoms with van der Waals surface area (Å²) in [6.45, 7) is 0. The van der Waals surface area contributed by atoms with Gasteiger partial charge in [-0.25, -0.2) is 8.78 Å². The quantitative estimate of drug-likeness (QED) is 0.783. The van der Waals surface area contributed by atoms with Gasteiger partial charge in [-0.3, -0.25) is 0 Å². The maximum atomic E-state index is 13.4. The van der Waals surface area contributed by atoms with E-state index < -0.39 is 11.6 Å². The topological polar surface area (TPSA) is 26.0 Å². The summed E-state index contributed by atoms with van der Waals surface area (Å²) in [7, 11) is 0. The van der Waals surface area contributed by atoms with Crippen LogP contribution in [0.1, 0.15) is 24.8 Å². The van der Waals surface area contributed by atoms with Gasteiger partial charge in [0.15, 0.2) is 11.6 Å². The largest absolute Gasteiger partial charge is 0.324 e. The van der Waals surface area contributed by atoms with Crippen molar-refractivity contribution >= 4 is 0 Å². The molecule has 2 N–H and O–H groups in total. The van der Waals surface area contributed by atoms with Gasteiger partial charge < -0.3 is 5.73 Å². The van der Waals surface area contributed by atoms with Gasteiger partial charge in [0.2, 0.25) is 0 Å². The van der Waals surface area contributed by atoms with Gasteiger partial charge in [0.1, 0.15) is 0 Å². The lowest BCUT2D eigenvalue weighted by atomic mass is 9.99. The molecule has 1 unspecified atom stereocenters. The first-order valence-corrected chi connectivity index (χ1v) is 5.56. The molecule has 0 spiro atoms. The Morgan fingerprint density at radius 1 is 1.31 bits per heavy atom. The highest BCUT2D eigenvalue weighted by Gasteiger charge is 2.16. The molecule has 0 amide bonds. The molecule has 1 nitrogen and oxygen atoms in total. The molecular weight excluding hydrogens is 208 g/mol. The third-order valence-corrected chi connectivity index (χ3v) is 3.02. The standard InChI is InChI=1S/C13H15F2N/c14-11-7-3-6-10(13(11)15)8-12(16)9-4-1-2-5-9/h3-4,6-7,12H,1-2,5,8,16H2. The first kappa shape index (κ1) is 11.3. The normalized spacial score (nSPS) is 17.3. The highest BCUT2D eigenvalue weighted by atomic mass is 19.2. The van der Waals surface area contributed by atoms with Crippen molar-refractivity contribution in [1.82, 2.24) is 0 Å². The number of allylic oxidation sites excluding steroid dienone is 1. The molecule has 86 valence electrons. The Balaban J connectivity index is 2.11. The highest BCUT2D eigenvalue weighted by Crippen LogP contribution is 2.23. The minimum atomic E-state index is -0.801. The van der Waals surface area contributed by atoms with E-state index in [1.54, 1.807) is 6.07 Å². The van der Waals surface area contributed by atoms with Crippen LogP contribution in [0.5, 0.6) is 0 Å². The van der Waals surface area contributed by atoms with Crippen molar-refractivity contribution in [3.05, 3.63) is 47.0 Å². The predicted molar refractivity (Wildman–Crippen MR) is 60.0 cm³/mol. The molecule has 1 aliphatic carbocycles. The number of hydrogen-bond donors (Lipinski definition) is 1. The second kappa shape index (κ2) is 4.74.